The number of allylic oxidation sites excluding steroid dienone is 1. The van der Waals surface area contributed by atoms with Gasteiger partial charge in [-0.3, -0.25) is 0 Å². The Morgan fingerprint density at radius 2 is 2.00 bits per heavy atom. The molecule has 36 heavy (non-hydrogen) atoms. The molecule has 2 aromatic carbocycles. The quantitative estimate of drug-likeness (QED) is 0.258. The molecule has 0 spiro atoms. The number of hydrogen-bond donors (Lipinski definition) is 1. The number of rotatable bonds is 10. The summed E-state index contributed by atoms with van der Waals surface area (Å²) in [4.78, 5) is 17.9. The van der Waals surface area contributed by atoms with Gasteiger partial charge in [0, 0.05) is 16.5 Å². The van der Waals surface area contributed by atoms with E-state index >= 15 is 0 Å². The number of carbonyl (C=O) groups excluding carboxylic acids is 1. The molecule has 1 aliphatic rings. The van der Waals surface area contributed by atoms with E-state index in [1.807, 2.05) is 63.2 Å². The zero-order valence-corrected chi connectivity index (χ0v) is 22.3. The maximum atomic E-state index is 13.2. The molecule has 1 aliphatic heterocycles. The molecule has 8 nitrogen and oxygen atoms in total. The minimum Gasteiger partial charge on any atom is -0.493 e. The van der Waals surface area contributed by atoms with Gasteiger partial charge < -0.3 is 19.5 Å². The summed E-state index contributed by atoms with van der Waals surface area (Å²) in [7, 11) is 1.59. The van der Waals surface area contributed by atoms with Crippen LogP contribution in [0.25, 0.3) is 0 Å². The molecule has 0 fully saturated rings. The van der Waals surface area contributed by atoms with Gasteiger partial charge in [-0.2, -0.15) is 4.98 Å². The van der Waals surface area contributed by atoms with Crippen molar-refractivity contribution in [1.82, 2.24) is 14.8 Å². The van der Waals surface area contributed by atoms with Gasteiger partial charge in [0.25, 0.3) is 0 Å². The molecule has 0 bridgehead atoms. The Bertz CT molecular complexity index is 1280. The van der Waals surface area contributed by atoms with Crippen molar-refractivity contribution >= 4 is 35.3 Å². The fourth-order valence-electron chi connectivity index (χ4n) is 3.92. The first kappa shape index (κ1) is 25.9. The number of ether oxygens (including phenoxy) is 3. The zero-order valence-electron chi connectivity index (χ0n) is 20.7. The van der Waals surface area contributed by atoms with E-state index in [2.05, 4.69) is 10.3 Å². The van der Waals surface area contributed by atoms with Gasteiger partial charge in [0.15, 0.2) is 11.5 Å². The molecule has 0 amide bonds. The van der Waals surface area contributed by atoms with E-state index in [0.29, 0.717) is 57.9 Å². The van der Waals surface area contributed by atoms with Crippen molar-refractivity contribution in [3.8, 4) is 11.5 Å². The van der Waals surface area contributed by atoms with Crippen LogP contribution >= 0.6 is 23.4 Å². The molecule has 10 heteroatoms. The predicted octanol–water partition coefficient (Wildman–Crippen LogP) is 5.87. The Hall–Kier alpha value is -3.17. The fourth-order valence-corrected chi connectivity index (χ4v) is 5.04. The van der Waals surface area contributed by atoms with Gasteiger partial charge in [-0.25, -0.2) is 9.48 Å². The van der Waals surface area contributed by atoms with Crippen LogP contribution in [0.4, 0.5) is 5.95 Å². The first-order valence-electron chi connectivity index (χ1n) is 11.7. The minimum absolute atomic E-state index is 0.331. The molecule has 1 N–H and O–H groups in total. The van der Waals surface area contributed by atoms with Crippen molar-refractivity contribution in [2.45, 2.75) is 44.1 Å². The molecule has 0 saturated heterocycles. The number of methoxy groups -OCH3 is 1. The number of halogens is 1. The monoisotopic (exact) mass is 528 g/mol. The Morgan fingerprint density at radius 1 is 1.19 bits per heavy atom. The van der Waals surface area contributed by atoms with Gasteiger partial charge in [-0.1, -0.05) is 54.6 Å². The zero-order chi connectivity index (χ0) is 25.7. The average Bonchev–Trinajstić information content (AvgIpc) is 3.28. The summed E-state index contributed by atoms with van der Waals surface area (Å²) in [5, 5.41) is 9.26. The summed E-state index contributed by atoms with van der Waals surface area (Å²) < 4.78 is 18.5. The van der Waals surface area contributed by atoms with Crippen LogP contribution < -0.4 is 14.8 Å². The van der Waals surface area contributed by atoms with Crippen LogP contribution in [0.15, 0.2) is 58.9 Å². The van der Waals surface area contributed by atoms with Gasteiger partial charge >= 0.3 is 5.97 Å². The summed E-state index contributed by atoms with van der Waals surface area (Å²) in [6, 6.07) is 12.7. The van der Waals surface area contributed by atoms with Gasteiger partial charge in [0.1, 0.15) is 6.04 Å². The van der Waals surface area contributed by atoms with Crippen molar-refractivity contribution in [1.29, 1.82) is 0 Å². The molecule has 0 radical (unpaired) electrons. The summed E-state index contributed by atoms with van der Waals surface area (Å²) in [5.41, 5.74) is 2.93. The standard InChI is InChI=1S/C26H29ClN4O4S/c1-5-13-35-24(32)22-16(3)28-25-29-26(36-15-18-9-7-8-10-19(18)27)30-31(25)23(22)17-11-12-20(34-6-2)21(14-17)33-4/h7-12,14,23H,5-6,13,15H2,1-4H3,(H,28,29,30). The van der Waals surface area contributed by atoms with Gasteiger partial charge in [-0.15, -0.1) is 5.10 Å². The molecule has 4 rings (SSSR count). The lowest BCUT2D eigenvalue weighted by molar-refractivity contribution is -0.139. The number of thioether (sulfide) groups is 1. The maximum absolute atomic E-state index is 13.2. The van der Waals surface area contributed by atoms with Crippen LogP contribution in [0, 0.1) is 0 Å². The molecule has 1 unspecified atom stereocenters. The summed E-state index contributed by atoms with van der Waals surface area (Å²) in [5.74, 6) is 1.96. The molecule has 1 atom stereocenters. The third kappa shape index (κ3) is 5.47. The fraction of sp³-hybridized carbons (Fsp3) is 0.346. The largest absolute Gasteiger partial charge is 0.493 e. The van der Waals surface area contributed by atoms with E-state index in [1.165, 1.54) is 11.8 Å². The molecular weight excluding hydrogens is 500 g/mol. The third-order valence-electron chi connectivity index (χ3n) is 5.61. The van der Waals surface area contributed by atoms with Crippen molar-refractivity contribution in [3.05, 3.63) is 69.9 Å². The summed E-state index contributed by atoms with van der Waals surface area (Å²) in [6.45, 7) is 6.56. The van der Waals surface area contributed by atoms with Gasteiger partial charge in [-0.05, 0) is 49.6 Å². The topological polar surface area (TPSA) is 87.5 Å². The minimum atomic E-state index is -0.558. The molecule has 2 heterocycles. The van der Waals surface area contributed by atoms with Crippen molar-refractivity contribution < 1.29 is 19.0 Å². The average molecular weight is 529 g/mol. The lowest BCUT2D eigenvalue weighted by Crippen LogP contribution is -2.29. The van der Waals surface area contributed by atoms with E-state index in [9.17, 15) is 4.79 Å². The molecular formula is C26H29ClN4O4S. The van der Waals surface area contributed by atoms with Gasteiger partial charge in [0.05, 0.1) is 25.9 Å². The van der Waals surface area contributed by atoms with Crippen LogP contribution in [0.2, 0.25) is 5.02 Å². The highest BCUT2D eigenvalue weighted by Gasteiger charge is 2.35. The molecule has 0 saturated carbocycles. The van der Waals surface area contributed by atoms with Gasteiger partial charge in [0.2, 0.25) is 11.1 Å². The highest BCUT2D eigenvalue weighted by Crippen LogP contribution is 2.40. The predicted molar refractivity (Wildman–Crippen MR) is 141 cm³/mol. The highest BCUT2D eigenvalue weighted by molar-refractivity contribution is 7.98. The molecule has 1 aromatic heterocycles. The smallest absolute Gasteiger partial charge is 0.338 e. The number of aromatic nitrogens is 3. The number of benzene rings is 2. The molecule has 0 aliphatic carbocycles. The van der Waals surface area contributed by atoms with Crippen LogP contribution in [-0.4, -0.2) is 41.1 Å². The summed E-state index contributed by atoms with van der Waals surface area (Å²) in [6.07, 6.45) is 0.727. The molecule has 190 valence electrons. The highest BCUT2D eigenvalue weighted by atomic mass is 35.5. The van der Waals surface area contributed by atoms with E-state index in [1.54, 1.807) is 11.8 Å². The number of carbonyl (C=O) groups is 1. The van der Waals surface area contributed by atoms with Crippen molar-refractivity contribution in [2.75, 3.05) is 25.6 Å². The van der Waals surface area contributed by atoms with Crippen molar-refractivity contribution in [2.24, 2.45) is 0 Å². The van der Waals surface area contributed by atoms with Crippen LogP contribution in [0.3, 0.4) is 0 Å². The van der Waals surface area contributed by atoms with Crippen LogP contribution in [0.5, 0.6) is 11.5 Å². The number of hydrogen-bond acceptors (Lipinski definition) is 8. The van der Waals surface area contributed by atoms with E-state index in [-0.39, 0.29) is 0 Å². The normalized spacial score (nSPS) is 14.8. The Balaban J connectivity index is 1.73. The lowest BCUT2D eigenvalue weighted by Gasteiger charge is -2.28. The Kier molecular flexibility index (Phi) is 8.43. The maximum Gasteiger partial charge on any atom is 0.338 e. The van der Waals surface area contributed by atoms with Crippen LogP contribution in [0.1, 0.15) is 44.4 Å². The third-order valence-corrected chi connectivity index (χ3v) is 6.86. The van der Waals surface area contributed by atoms with E-state index < -0.39 is 12.0 Å². The second kappa shape index (κ2) is 11.7. The number of esters is 1. The summed E-state index contributed by atoms with van der Waals surface area (Å²) >= 11 is 7.79. The van der Waals surface area contributed by atoms with E-state index in [0.717, 1.165) is 17.5 Å². The van der Waals surface area contributed by atoms with Crippen LogP contribution in [-0.2, 0) is 15.3 Å². The second-order valence-electron chi connectivity index (χ2n) is 8.09. The number of fused-ring (bicyclic) bond motifs is 1. The number of nitrogens with one attached hydrogen (secondary N) is 1. The van der Waals surface area contributed by atoms with Crippen molar-refractivity contribution in [3.63, 3.8) is 0 Å². The first-order chi connectivity index (χ1) is 17.5. The Labute approximate surface area is 220 Å². The Morgan fingerprint density at radius 3 is 2.72 bits per heavy atom. The number of anilines is 1. The SMILES string of the molecule is CCCOC(=O)C1=C(C)Nc2nc(SCc3ccccc3Cl)nn2C1c1ccc(OCC)c(OC)c1. The first-order valence-corrected chi connectivity index (χ1v) is 13.1. The van der Waals surface area contributed by atoms with E-state index in [4.69, 9.17) is 30.9 Å². The second-order valence-corrected chi connectivity index (χ2v) is 9.44. The number of nitrogens with zero attached hydrogens (tertiary/aromatic N) is 3. The molecule has 3 aromatic rings. The lowest BCUT2D eigenvalue weighted by atomic mass is 9.95.